The van der Waals surface area contributed by atoms with Crippen LogP contribution in [0.2, 0.25) is 0 Å². The van der Waals surface area contributed by atoms with Crippen LogP contribution in [0.5, 0.6) is 0 Å². The van der Waals surface area contributed by atoms with Crippen molar-refractivity contribution in [3.63, 3.8) is 0 Å². The van der Waals surface area contributed by atoms with Gasteiger partial charge in [0.05, 0.1) is 0 Å². The number of rotatable bonds is 3. The summed E-state index contributed by atoms with van der Waals surface area (Å²) in [6, 6.07) is 9.90. The van der Waals surface area contributed by atoms with Crippen molar-refractivity contribution in [1.82, 2.24) is 0 Å². The van der Waals surface area contributed by atoms with E-state index in [1.54, 1.807) is 0 Å². The van der Waals surface area contributed by atoms with Crippen molar-refractivity contribution in [1.29, 1.82) is 0 Å². The van der Waals surface area contributed by atoms with E-state index in [1.807, 2.05) is 43.3 Å². The molecule has 3 atom stereocenters. The molecule has 0 amide bonds. The van der Waals surface area contributed by atoms with E-state index < -0.39 is 5.54 Å². The molecule has 0 bridgehead atoms. The van der Waals surface area contributed by atoms with Crippen LogP contribution in [0.3, 0.4) is 0 Å². The maximum absolute atomic E-state index is 12.6. The Morgan fingerprint density at radius 2 is 2.00 bits per heavy atom. The Kier molecular flexibility index (Phi) is 6.83. The van der Waals surface area contributed by atoms with Gasteiger partial charge in [0.2, 0.25) is 0 Å². The molecule has 1 aliphatic heterocycles. The first-order valence-electron chi connectivity index (χ1n) is 6.60. The number of nitrogens with one attached hydrogen (secondary N) is 1. The Labute approximate surface area is 136 Å². The molecule has 2 nitrogen and oxygen atoms in total. The molecule has 1 heterocycles. The number of halogens is 3. The largest absolute Gasteiger partial charge is 0.628 e. The second-order valence-electron chi connectivity index (χ2n) is 5.36. The zero-order chi connectivity index (χ0) is 13.9. The van der Waals surface area contributed by atoms with Crippen LogP contribution < -0.4 is 5.06 Å². The first kappa shape index (κ1) is 17.8. The summed E-state index contributed by atoms with van der Waals surface area (Å²) in [6.45, 7) is 1.99. The minimum Gasteiger partial charge on any atom is -0.628 e. The van der Waals surface area contributed by atoms with E-state index >= 15 is 0 Å². The van der Waals surface area contributed by atoms with Crippen molar-refractivity contribution < 1.29 is 5.06 Å². The summed E-state index contributed by atoms with van der Waals surface area (Å²) in [7, 11) is 0. The predicted octanol–water partition coefficient (Wildman–Crippen LogP) is 3.83. The third kappa shape index (κ3) is 3.69. The molecule has 0 fully saturated rings. The second kappa shape index (κ2) is 7.67. The molecule has 20 heavy (non-hydrogen) atoms. The molecule has 1 N–H and O–H groups in total. The standard InChI is InChI=1S/C15H19Cl2NO.ClH/c1-15(13-5-3-2-4-6-13)11-12(9-10-16)7-8-14(17)18(15)19;/h2-6,8,12,18H,7,9-11H2,1H3;1H. The van der Waals surface area contributed by atoms with Gasteiger partial charge in [-0.2, -0.15) is 0 Å². The first-order valence-corrected chi connectivity index (χ1v) is 7.51. The highest BCUT2D eigenvalue weighted by Crippen LogP contribution is 2.32. The summed E-state index contributed by atoms with van der Waals surface area (Å²) in [4.78, 5) is 0. The van der Waals surface area contributed by atoms with Crippen molar-refractivity contribution in [2.75, 3.05) is 5.88 Å². The summed E-state index contributed by atoms with van der Waals surface area (Å²) in [5.74, 6) is 1.03. The number of hydrogen-bond donors (Lipinski definition) is 1. The molecule has 2 rings (SSSR count). The van der Waals surface area contributed by atoms with Crippen molar-refractivity contribution in [3.05, 3.63) is 52.3 Å². The molecule has 3 unspecified atom stereocenters. The van der Waals surface area contributed by atoms with Crippen LogP contribution in [0.15, 0.2) is 41.6 Å². The number of quaternary nitrogens is 1. The van der Waals surface area contributed by atoms with Gasteiger partial charge in [0.15, 0.2) is 5.16 Å². The van der Waals surface area contributed by atoms with Gasteiger partial charge in [0.25, 0.3) is 0 Å². The Morgan fingerprint density at radius 1 is 1.35 bits per heavy atom. The van der Waals surface area contributed by atoms with Crippen LogP contribution in [0.25, 0.3) is 0 Å². The van der Waals surface area contributed by atoms with Crippen LogP contribution in [0.4, 0.5) is 0 Å². The number of hydroxylamine groups is 2. The van der Waals surface area contributed by atoms with E-state index in [4.69, 9.17) is 23.2 Å². The summed E-state index contributed by atoms with van der Waals surface area (Å²) < 4.78 is 0. The fourth-order valence-electron chi connectivity index (χ4n) is 2.81. The van der Waals surface area contributed by atoms with Crippen molar-refractivity contribution in [2.45, 2.75) is 31.7 Å². The van der Waals surface area contributed by atoms with E-state index in [2.05, 4.69) is 0 Å². The minimum absolute atomic E-state index is 0. The van der Waals surface area contributed by atoms with Crippen LogP contribution in [0.1, 0.15) is 31.7 Å². The minimum atomic E-state index is -0.540. The van der Waals surface area contributed by atoms with Gasteiger partial charge in [0.1, 0.15) is 5.54 Å². The fraction of sp³-hybridized carbons (Fsp3) is 0.467. The highest BCUT2D eigenvalue weighted by atomic mass is 35.5. The molecule has 0 aliphatic carbocycles. The lowest BCUT2D eigenvalue weighted by Gasteiger charge is -2.40. The molecule has 112 valence electrons. The lowest BCUT2D eigenvalue weighted by atomic mass is 9.81. The molecule has 1 aromatic carbocycles. The van der Waals surface area contributed by atoms with Gasteiger partial charge in [0, 0.05) is 17.9 Å². The maximum atomic E-state index is 12.6. The average Bonchev–Trinajstić information content (AvgIpc) is 2.54. The normalized spacial score (nSPS) is 30.1. The second-order valence-corrected chi connectivity index (χ2v) is 6.15. The van der Waals surface area contributed by atoms with Gasteiger partial charge >= 0.3 is 0 Å². The van der Waals surface area contributed by atoms with Gasteiger partial charge in [-0.1, -0.05) is 30.3 Å². The third-order valence-corrected chi connectivity index (χ3v) is 4.52. The van der Waals surface area contributed by atoms with Crippen LogP contribution in [-0.4, -0.2) is 5.88 Å². The smallest absolute Gasteiger partial charge is 0.196 e. The van der Waals surface area contributed by atoms with Gasteiger partial charge in [-0.3, -0.25) is 0 Å². The Morgan fingerprint density at radius 3 is 2.60 bits per heavy atom. The molecule has 0 radical (unpaired) electrons. The molecule has 5 heteroatoms. The molecule has 0 spiro atoms. The molecular formula is C15H20Cl3NO. The first-order chi connectivity index (χ1) is 9.08. The Balaban J connectivity index is 0.00000200. The van der Waals surface area contributed by atoms with Crippen molar-refractivity contribution >= 4 is 35.6 Å². The average molecular weight is 337 g/mol. The van der Waals surface area contributed by atoms with Crippen molar-refractivity contribution in [2.24, 2.45) is 5.92 Å². The van der Waals surface area contributed by atoms with E-state index in [0.717, 1.165) is 24.8 Å². The summed E-state index contributed by atoms with van der Waals surface area (Å²) >= 11 is 12.0. The predicted molar refractivity (Wildman–Crippen MR) is 87.4 cm³/mol. The lowest BCUT2D eigenvalue weighted by Crippen LogP contribution is -3.11. The maximum Gasteiger partial charge on any atom is 0.196 e. The highest BCUT2D eigenvalue weighted by Gasteiger charge is 2.39. The Hall–Kier alpha value is -0.250. The quantitative estimate of drug-likeness (QED) is 0.507. The molecular weight excluding hydrogens is 317 g/mol. The molecule has 0 saturated carbocycles. The summed E-state index contributed by atoms with van der Waals surface area (Å²) in [5.41, 5.74) is 0.496. The zero-order valence-corrected chi connectivity index (χ0v) is 13.8. The number of hydrogen-bond acceptors (Lipinski definition) is 1. The molecule has 1 aromatic rings. The molecule has 1 aliphatic rings. The monoisotopic (exact) mass is 335 g/mol. The third-order valence-electron chi connectivity index (χ3n) is 3.97. The van der Waals surface area contributed by atoms with Crippen LogP contribution in [0, 0.1) is 11.1 Å². The van der Waals surface area contributed by atoms with E-state index in [9.17, 15) is 5.21 Å². The van der Waals surface area contributed by atoms with E-state index in [0.29, 0.717) is 17.0 Å². The van der Waals surface area contributed by atoms with Crippen LogP contribution >= 0.6 is 35.6 Å². The van der Waals surface area contributed by atoms with Crippen LogP contribution in [-0.2, 0) is 5.54 Å². The van der Waals surface area contributed by atoms with Gasteiger partial charge in [-0.05, 0) is 43.4 Å². The summed E-state index contributed by atoms with van der Waals surface area (Å²) in [5, 5.41) is 13.0. The fourth-order valence-corrected chi connectivity index (χ4v) is 3.42. The summed E-state index contributed by atoms with van der Waals surface area (Å²) in [6.07, 6.45) is 4.40. The number of allylic oxidation sites excluding steroid dienone is 1. The van der Waals surface area contributed by atoms with E-state index in [-0.39, 0.29) is 17.5 Å². The SMILES string of the molecule is CC1(c2ccccc2)CC(CCCl)CC=C(Cl)[NH+]1[O-].Cl. The lowest BCUT2D eigenvalue weighted by molar-refractivity contribution is -0.867. The molecule has 0 aromatic heterocycles. The number of alkyl halides is 1. The highest BCUT2D eigenvalue weighted by molar-refractivity contribution is 6.27. The molecule has 0 saturated heterocycles. The van der Waals surface area contributed by atoms with Gasteiger partial charge in [-0.15, -0.1) is 24.0 Å². The Bertz CT molecular complexity index is 452. The van der Waals surface area contributed by atoms with Gasteiger partial charge < -0.3 is 10.3 Å². The zero-order valence-electron chi connectivity index (χ0n) is 11.4. The topological polar surface area (TPSA) is 27.5 Å². The number of benzene rings is 1. The van der Waals surface area contributed by atoms with Gasteiger partial charge in [-0.25, -0.2) is 0 Å². The van der Waals surface area contributed by atoms with E-state index in [1.165, 1.54) is 0 Å². The van der Waals surface area contributed by atoms with Crippen molar-refractivity contribution in [3.8, 4) is 0 Å².